The van der Waals surface area contributed by atoms with Crippen LogP contribution in [0.5, 0.6) is 0 Å². The Bertz CT molecular complexity index is 994. The molecule has 4 rings (SSSR count). The Labute approximate surface area is 169 Å². The van der Waals surface area contributed by atoms with Crippen LogP contribution < -0.4 is 10.2 Å². The number of carbonyl (C=O) groups is 2. The Morgan fingerprint density at radius 2 is 1.83 bits per heavy atom. The van der Waals surface area contributed by atoms with E-state index in [1.165, 1.54) is 18.2 Å². The number of amides is 1. The molecule has 1 aromatic heterocycles. The summed E-state index contributed by atoms with van der Waals surface area (Å²) in [7, 11) is 0. The van der Waals surface area contributed by atoms with Crippen molar-refractivity contribution >= 4 is 28.7 Å². The van der Waals surface area contributed by atoms with Gasteiger partial charge in [-0.2, -0.15) is 0 Å². The third kappa shape index (κ3) is 3.92. The number of esters is 1. The lowest BCUT2D eigenvalue weighted by Crippen LogP contribution is -2.34. The minimum absolute atomic E-state index is 0.233. The summed E-state index contributed by atoms with van der Waals surface area (Å²) in [5.74, 6) is -0.636. The van der Waals surface area contributed by atoms with Crippen molar-refractivity contribution in [1.29, 1.82) is 0 Å². The van der Waals surface area contributed by atoms with Crippen LogP contribution in [0.4, 0.5) is 5.69 Å². The van der Waals surface area contributed by atoms with Crippen LogP contribution in [0.25, 0.3) is 11.1 Å². The average molecular weight is 389 g/mol. The maximum Gasteiger partial charge on any atom is 0.341 e. The van der Waals surface area contributed by atoms with E-state index in [1.807, 2.05) is 55.7 Å². The number of rotatable bonds is 4. The van der Waals surface area contributed by atoms with Gasteiger partial charge in [-0.25, -0.2) is 4.79 Å². The van der Waals surface area contributed by atoms with Crippen molar-refractivity contribution < 1.29 is 14.3 Å². The average Bonchev–Trinajstić information content (AvgIpc) is 3.01. The van der Waals surface area contributed by atoms with Gasteiger partial charge in [-0.15, -0.1) is 0 Å². The lowest BCUT2D eigenvalue weighted by molar-refractivity contribution is -0.140. The van der Waals surface area contributed by atoms with E-state index in [9.17, 15) is 9.59 Å². The largest absolute Gasteiger partial charge is 0.434 e. The van der Waals surface area contributed by atoms with Crippen molar-refractivity contribution in [1.82, 2.24) is 10.3 Å². The molecule has 2 aliphatic heterocycles. The van der Waals surface area contributed by atoms with Gasteiger partial charge in [0, 0.05) is 43.7 Å². The Balaban J connectivity index is 1.50. The quantitative estimate of drug-likeness (QED) is 0.814. The first-order chi connectivity index (χ1) is 14.0. The fourth-order valence-electron chi connectivity index (χ4n) is 3.79. The molecule has 0 aliphatic carbocycles. The molecule has 0 saturated heterocycles. The molecule has 0 fully saturated rings. The minimum atomic E-state index is -0.685. The van der Waals surface area contributed by atoms with E-state index >= 15 is 0 Å². The van der Waals surface area contributed by atoms with Crippen LogP contribution in [0.15, 0.2) is 60.4 Å². The highest BCUT2D eigenvalue weighted by Gasteiger charge is 2.32. The fraction of sp³-hybridized carbons (Fsp3) is 0.261. The normalized spacial score (nSPS) is 19.1. The van der Waals surface area contributed by atoms with Crippen molar-refractivity contribution in [3.05, 3.63) is 71.6 Å². The van der Waals surface area contributed by atoms with Gasteiger partial charge in [0.1, 0.15) is 0 Å². The predicted octanol–water partition coefficient (Wildman–Crippen LogP) is 3.17. The summed E-state index contributed by atoms with van der Waals surface area (Å²) in [6, 6.07) is 12.0. The molecule has 2 aliphatic rings. The second-order valence-electron chi connectivity index (χ2n) is 7.25. The van der Waals surface area contributed by atoms with Crippen molar-refractivity contribution in [2.45, 2.75) is 26.5 Å². The summed E-state index contributed by atoms with van der Waals surface area (Å²) in [5.41, 5.74) is 5.70. The van der Waals surface area contributed by atoms with Crippen molar-refractivity contribution in [2.75, 3.05) is 18.0 Å². The maximum absolute atomic E-state index is 12.3. The summed E-state index contributed by atoms with van der Waals surface area (Å²) < 4.78 is 5.29. The summed E-state index contributed by atoms with van der Waals surface area (Å²) in [4.78, 5) is 30.0. The van der Waals surface area contributed by atoms with Crippen LogP contribution in [0.2, 0.25) is 0 Å². The number of nitrogens with one attached hydrogen (secondary N) is 1. The molecule has 3 heterocycles. The molecule has 1 amide bonds. The smallest absolute Gasteiger partial charge is 0.341 e. The van der Waals surface area contributed by atoms with Crippen LogP contribution in [-0.4, -0.2) is 36.2 Å². The zero-order chi connectivity index (χ0) is 20.4. The topological polar surface area (TPSA) is 71.5 Å². The SMILES string of the molecule is CC(=O)N[C@@H]1OC(=O)C(c2ccc(C3=CCN(c4ccncc4)CC3)cc2)=C1C. The minimum Gasteiger partial charge on any atom is -0.434 e. The molecule has 0 saturated carbocycles. The predicted molar refractivity (Wildman–Crippen MR) is 112 cm³/mol. The number of nitrogens with zero attached hydrogens (tertiary/aromatic N) is 2. The summed E-state index contributed by atoms with van der Waals surface area (Å²) in [6.45, 7) is 5.02. The van der Waals surface area contributed by atoms with E-state index in [1.54, 1.807) is 0 Å². The fourth-order valence-corrected chi connectivity index (χ4v) is 3.79. The van der Waals surface area contributed by atoms with Gasteiger partial charge in [0.05, 0.1) is 5.57 Å². The maximum atomic E-state index is 12.3. The second-order valence-corrected chi connectivity index (χ2v) is 7.25. The lowest BCUT2D eigenvalue weighted by Gasteiger charge is -2.28. The van der Waals surface area contributed by atoms with E-state index < -0.39 is 12.2 Å². The zero-order valence-electron chi connectivity index (χ0n) is 16.5. The standard InChI is InChI=1S/C23H23N3O3/c1-15-21(23(28)29-22(15)25-16(2)27)19-5-3-17(4-6-19)18-9-13-26(14-10-18)20-7-11-24-12-8-20/h3-9,11-12,22H,10,13-14H2,1-2H3,(H,25,27)/t22-/m1/s1. The first kappa shape index (κ1) is 18.9. The zero-order valence-corrected chi connectivity index (χ0v) is 16.5. The van der Waals surface area contributed by atoms with Gasteiger partial charge in [0.15, 0.2) is 6.23 Å². The monoisotopic (exact) mass is 389 g/mol. The number of benzene rings is 1. The molecule has 29 heavy (non-hydrogen) atoms. The molecule has 0 spiro atoms. The number of aromatic nitrogens is 1. The Morgan fingerprint density at radius 1 is 1.14 bits per heavy atom. The van der Waals surface area contributed by atoms with Crippen LogP contribution in [-0.2, 0) is 14.3 Å². The van der Waals surface area contributed by atoms with E-state index in [-0.39, 0.29) is 5.91 Å². The number of pyridine rings is 1. The van der Waals surface area contributed by atoms with Crippen molar-refractivity contribution in [2.24, 2.45) is 0 Å². The second kappa shape index (κ2) is 7.91. The van der Waals surface area contributed by atoms with Gasteiger partial charge in [-0.1, -0.05) is 30.3 Å². The first-order valence-electron chi connectivity index (χ1n) is 9.66. The van der Waals surface area contributed by atoms with E-state index in [4.69, 9.17) is 4.74 Å². The molecule has 6 heteroatoms. The third-order valence-corrected chi connectivity index (χ3v) is 5.33. The summed E-state index contributed by atoms with van der Waals surface area (Å²) in [5, 5.41) is 2.64. The Morgan fingerprint density at radius 3 is 2.45 bits per heavy atom. The van der Waals surface area contributed by atoms with Crippen LogP contribution in [0.1, 0.15) is 31.4 Å². The number of cyclic esters (lactones) is 1. The Kier molecular flexibility index (Phi) is 5.16. The Hall–Kier alpha value is -3.41. The van der Waals surface area contributed by atoms with E-state index in [0.29, 0.717) is 5.57 Å². The van der Waals surface area contributed by atoms with Gasteiger partial charge in [0.2, 0.25) is 5.91 Å². The van der Waals surface area contributed by atoms with Gasteiger partial charge >= 0.3 is 5.97 Å². The summed E-state index contributed by atoms with van der Waals surface area (Å²) in [6.07, 6.45) is 6.15. The molecular formula is C23H23N3O3. The number of ether oxygens (including phenoxy) is 1. The number of anilines is 1. The molecule has 0 unspecified atom stereocenters. The lowest BCUT2D eigenvalue weighted by atomic mass is 9.95. The molecule has 1 aromatic carbocycles. The molecule has 6 nitrogen and oxygen atoms in total. The van der Waals surface area contributed by atoms with Gasteiger partial charge in [-0.3, -0.25) is 9.78 Å². The van der Waals surface area contributed by atoms with Crippen LogP contribution >= 0.6 is 0 Å². The third-order valence-electron chi connectivity index (χ3n) is 5.33. The molecule has 1 atom stereocenters. The van der Waals surface area contributed by atoms with Gasteiger partial charge in [-0.05, 0) is 42.2 Å². The first-order valence-corrected chi connectivity index (χ1v) is 9.66. The van der Waals surface area contributed by atoms with Gasteiger partial charge in [0.25, 0.3) is 0 Å². The molecule has 2 aromatic rings. The number of hydrogen-bond donors (Lipinski definition) is 1. The number of carbonyl (C=O) groups excluding carboxylic acids is 2. The van der Waals surface area contributed by atoms with E-state index in [0.717, 1.165) is 36.2 Å². The van der Waals surface area contributed by atoms with Crippen LogP contribution in [0, 0.1) is 0 Å². The number of hydrogen-bond acceptors (Lipinski definition) is 5. The highest BCUT2D eigenvalue weighted by molar-refractivity contribution is 6.19. The molecule has 1 N–H and O–H groups in total. The molecule has 0 radical (unpaired) electrons. The molecule has 148 valence electrons. The van der Waals surface area contributed by atoms with Crippen LogP contribution in [0.3, 0.4) is 0 Å². The highest BCUT2D eigenvalue weighted by Crippen LogP contribution is 2.31. The highest BCUT2D eigenvalue weighted by atomic mass is 16.6. The van der Waals surface area contributed by atoms with E-state index in [2.05, 4.69) is 21.3 Å². The van der Waals surface area contributed by atoms with Crippen molar-refractivity contribution in [3.63, 3.8) is 0 Å². The molecule has 0 bridgehead atoms. The molecular weight excluding hydrogens is 366 g/mol. The summed E-state index contributed by atoms with van der Waals surface area (Å²) >= 11 is 0. The van der Waals surface area contributed by atoms with Crippen molar-refractivity contribution in [3.8, 4) is 0 Å². The van der Waals surface area contributed by atoms with Gasteiger partial charge < -0.3 is 15.0 Å².